The Hall–Kier alpha value is -3.70. The van der Waals surface area contributed by atoms with E-state index in [1.165, 1.54) is 12.4 Å². The number of hydrogen-bond donors (Lipinski definition) is 3. The second-order valence-electron chi connectivity index (χ2n) is 9.35. The average Bonchev–Trinajstić information content (AvgIpc) is 3.52. The highest BCUT2D eigenvalue weighted by Crippen LogP contribution is 2.41. The second kappa shape index (κ2) is 10.6. The molecule has 0 atom stereocenters. The van der Waals surface area contributed by atoms with Crippen molar-refractivity contribution in [1.82, 2.24) is 14.9 Å². The molecule has 38 heavy (non-hydrogen) atoms. The topological polar surface area (TPSA) is 82.3 Å². The van der Waals surface area contributed by atoms with Gasteiger partial charge in [-0.25, -0.2) is 9.37 Å². The van der Waals surface area contributed by atoms with Gasteiger partial charge in [-0.1, -0.05) is 6.07 Å². The Balaban J connectivity index is 1.49. The highest BCUT2D eigenvalue weighted by Gasteiger charge is 2.35. The molecule has 3 aromatic rings. The number of nitrogens with zero attached hydrogens (tertiary/aromatic N) is 2. The molecule has 1 saturated heterocycles. The van der Waals surface area contributed by atoms with Gasteiger partial charge in [-0.05, 0) is 48.7 Å². The SMILES string of the molecule is COCCN1CCC(Nc2ccc3c(c2)/C(=C(\c2ccc(C(F)(F)F)c(F)c2)c2ncc[nH]2)C(=O)N3)CC1. The minimum Gasteiger partial charge on any atom is -0.383 e. The minimum absolute atomic E-state index is 0.102. The Morgan fingerprint density at radius 3 is 2.63 bits per heavy atom. The number of benzene rings is 2. The third-order valence-corrected chi connectivity index (χ3v) is 6.88. The number of H-pyrrole nitrogens is 1. The number of aromatic nitrogens is 2. The summed E-state index contributed by atoms with van der Waals surface area (Å²) in [5.41, 5.74) is 1.07. The van der Waals surface area contributed by atoms with Crippen molar-refractivity contribution in [3.63, 3.8) is 0 Å². The molecule has 0 saturated carbocycles. The van der Waals surface area contributed by atoms with E-state index >= 15 is 0 Å². The minimum atomic E-state index is -4.83. The van der Waals surface area contributed by atoms with E-state index in [0.29, 0.717) is 23.9 Å². The number of likely N-dealkylation sites (tertiary alicyclic amines) is 1. The Morgan fingerprint density at radius 2 is 1.97 bits per heavy atom. The number of ether oxygens (including phenoxy) is 1. The van der Waals surface area contributed by atoms with Gasteiger partial charge in [0.2, 0.25) is 0 Å². The van der Waals surface area contributed by atoms with Crippen LogP contribution in [0.15, 0.2) is 48.8 Å². The van der Waals surface area contributed by atoms with Gasteiger partial charge >= 0.3 is 6.18 Å². The molecule has 3 heterocycles. The second-order valence-corrected chi connectivity index (χ2v) is 9.35. The van der Waals surface area contributed by atoms with E-state index in [9.17, 15) is 22.4 Å². The predicted molar refractivity (Wildman–Crippen MR) is 136 cm³/mol. The van der Waals surface area contributed by atoms with Gasteiger partial charge in [-0.15, -0.1) is 0 Å². The number of anilines is 2. The van der Waals surface area contributed by atoms with Gasteiger partial charge in [0.05, 0.1) is 17.7 Å². The summed E-state index contributed by atoms with van der Waals surface area (Å²) in [5.74, 6) is -1.63. The van der Waals surface area contributed by atoms with Crippen molar-refractivity contribution in [3.05, 3.63) is 77.1 Å². The van der Waals surface area contributed by atoms with E-state index in [1.54, 1.807) is 13.2 Å². The average molecular weight is 530 g/mol. The molecule has 0 radical (unpaired) electrons. The summed E-state index contributed by atoms with van der Waals surface area (Å²) in [4.78, 5) is 22.6. The van der Waals surface area contributed by atoms with Crippen molar-refractivity contribution < 1.29 is 27.1 Å². The Morgan fingerprint density at radius 1 is 1.18 bits per heavy atom. The molecule has 1 amide bonds. The quantitative estimate of drug-likeness (QED) is 0.297. The molecule has 3 N–H and O–H groups in total. The monoisotopic (exact) mass is 529 g/mol. The van der Waals surface area contributed by atoms with E-state index in [-0.39, 0.29) is 28.6 Å². The van der Waals surface area contributed by atoms with Crippen molar-refractivity contribution in [1.29, 1.82) is 0 Å². The van der Waals surface area contributed by atoms with Crippen LogP contribution in [0.2, 0.25) is 0 Å². The number of rotatable bonds is 7. The number of aromatic amines is 1. The number of halogens is 4. The van der Waals surface area contributed by atoms with Crippen molar-refractivity contribution in [2.75, 3.05) is 44.0 Å². The summed E-state index contributed by atoms with van der Waals surface area (Å²) < 4.78 is 59.3. The van der Waals surface area contributed by atoms with Crippen LogP contribution in [0.3, 0.4) is 0 Å². The largest absolute Gasteiger partial charge is 0.419 e. The molecule has 2 aliphatic rings. The zero-order valence-electron chi connectivity index (χ0n) is 20.7. The standard InChI is InChI=1S/C27H27F4N5O2/c1-38-13-12-36-10-6-17(7-11-36)34-18-3-5-22-19(15-18)24(26(37)35-22)23(25-32-8-9-33-25)16-2-4-20(21(28)14-16)27(29,30)31/h2-5,8-9,14-15,17,34H,6-7,10-13H2,1H3,(H,32,33)(H,35,37)/b24-23-. The molecule has 7 nitrogen and oxygen atoms in total. The highest BCUT2D eigenvalue weighted by atomic mass is 19.4. The van der Waals surface area contributed by atoms with Gasteiger partial charge in [-0.2, -0.15) is 13.2 Å². The maximum atomic E-state index is 14.6. The fourth-order valence-electron chi connectivity index (χ4n) is 4.96. The number of alkyl halides is 3. The number of nitrogens with one attached hydrogen (secondary N) is 3. The first-order valence-corrected chi connectivity index (χ1v) is 12.3. The van der Waals surface area contributed by atoms with Crippen LogP contribution in [-0.4, -0.2) is 60.2 Å². The molecule has 1 fully saturated rings. The first-order valence-electron chi connectivity index (χ1n) is 12.3. The lowest BCUT2D eigenvalue weighted by molar-refractivity contribution is -0.140. The van der Waals surface area contributed by atoms with E-state index in [4.69, 9.17) is 4.74 Å². The summed E-state index contributed by atoms with van der Waals surface area (Å²) in [6.45, 7) is 3.47. The molecule has 0 unspecified atom stereocenters. The number of carbonyl (C=O) groups is 1. The Bertz CT molecular complexity index is 1350. The Kier molecular flexibility index (Phi) is 7.22. The normalized spacial score (nSPS) is 17.9. The molecule has 2 aliphatic heterocycles. The zero-order chi connectivity index (χ0) is 26.9. The maximum Gasteiger partial charge on any atom is 0.419 e. The van der Waals surface area contributed by atoms with Crippen molar-refractivity contribution in [3.8, 4) is 0 Å². The maximum absolute atomic E-state index is 14.6. The molecular formula is C27H27F4N5O2. The summed E-state index contributed by atoms with van der Waals surface area (Å²) in [6.07, 6.45) is 0.0485. The van der Waals surface area contributed by atoms with E-state index < -0.39 is 23.5 Å². The van der Waals surface area contributed by atoms with Crippen LogP contribution in [0.4, 0.5) is 28.9 Å². The van der Waals surface area contributed by atoms with E-state index in [1.807, 2.05) is 12.1 Å². The fourth-order valence-corrected chi connectivity index (χ4v) is 4.96. The molecule has 2 aromatic carbocycles. The number of piperidine rings is 1. The van der Waals surface area contributed by atoms with Gasteiger partial charge in [0.15, 0.2) is 0 Å². The molecule has 5 rings (SSSR count). The number of imidazole rings is 1. The fraction of sp³-hybridized carbons (Fsp3) is 0.333. The summed E-state index contributed by atoms with van der Waals surface area (Å²) in [6, 6.07) is 8.37. The molecule has 11 heteroatoms. The van der Waals surface area contributed by atoms with Gasteiger partial charge in [-0.3, -0.25) is 4.79 Å². The van der Waals surface area contributed by atoms with E-state index in [2.05, 4.69) is 25.5 Å². The number of methoxy groups -OCH3 is 1. The summed E-state index contributed by atoms with van der Waals surface area (Å²) in [7, 11) is 1.69. The van der Waals surface area contributed by atoms with Crippen LogP contribution >= 0.6 is 0 Å². The lowest BCUT2D eigenvalue weighted by Gasteiger charge is -2.32. The molecule has 0 bridgehead atoms. The number of carbonyl (C=O) groups excluding carboxylic acids is 1. The first-order chi connectivity index (χ1) is 18.2. The van der Waals surface area contributed by atoms with Gasteiger partial charge in [0.25, 0.3) is 5.91 Å². The molecule has 1 aromatic heterocycles. The molecule has 0 aliphatic carbocycles. The Labute approximate surface area is 216 Å². The smallest absolute Gasteiger partial charge is 0.383 e. The molecule has 200 valence electrons. The van der Waals surface area contributed by atoms with E-state index in [0.717, 1.165) is 50.3 Å². The van der Waals surface area contributed by atoms with Crippen LogP contribution in [-0.2, 0) is 15.7 Å². The lowest BCUT2D eigenvalue weighted by atomic mass is 9.93. The predicted octanol–water partition coefficient (Wildman–Crippen LogP) is 5.00. The molecular weight excluding hydrogens is 502 g/mol. The van der Waals surface area contributed by atoms with Crippen molar-refractivity contribution in [2.24, 2.45) is 0 Å². The zero-order valence-corrected chi connectivity index (χ0v) is 20.7. The van der Waals surface area contributed by atoms with Crippen molar-refractivity contribution >= 4 is 28.4 Å². The summed E-state index contributed by atoms with van der Waals surface area (Å²) >= 11 is 0. The lowest BCUT2D eigenvalue weighted by Crippen LogP contribution is -2.40. The third kappa shape index (κ3) is 5.30. The van der Waals surface area contributed by atoms with Crippen LogP contribution < -0.4 is 10.6 Å². The number of amides is 1. The van der Waals surface area contributed by atoms with Gasteiger partial charge in [0, 0.05) is 67.7 Å². The van der Waals surface area contributed by atoms with Crippen LogP contribution in [0.5, 0.6) is 0 Å². The van der Waals surface area contributed by atoms with Crippen LogP contribution in [0.1, 0.15) is 35.4 Å². The van der Waals surface area contributed by atoms with Crippen LogP contribution in [0, 0.1) is 5.82 Å². The summed E-state index contributed by atoms with van der Waals surface area (Å²) in [5, 5.41) is 6.35. The highest BCUT2D eigenvalue weighted by molar-refractivity contribution is 6.38. The van der Waals surface area contributed by atoms with Crippen molar-refractivity contribution in [2.45, 2.75) is 25.1 Å². The number of fused-ring (bicyclic) bond motifs is 1. The van der Waals surface area contributed by atoms with Crippen LogP contribution in [0.25, 0.3) is 11.1 Å². The van der Waals surface area contributed by atoms with Gasteiger partial charge in [0.1, 0.15) is 11.6 Å². The molecule has 0 spiro atoms. The first kappa shape index (κ1) is 25.9. The number of hydrogen-bond acceptors (Lipinski definition) is 5. The third-order valence-electron chi connectivity index (χ3n) is 6.88. The van der Waals surface area contributed by atoms with Gasteiger partial charge < -0.3 is 25.3 Å².